The van der Waals surface area contributed by atoms with Gasteiger partial charge in [0.15, 0.2) is 5.78 Å². The summed E-state index contributed by atoms with van der Waals surface area (Å²) in [5, 5.41) is 0. The topological polar surface area (TPSA) is 17.1 Å². The highest BCUT2D eigenvalue weighted by Crippen LogP contribution is 2.30. The lowest BCUT2D eigenvalue weighted by Crippen LogP contribution is -1.93. The Labute approximate surface area is 105 Å². The molecule has 3 rings (SSSR count). The number of Topliss-reactive ketones (excluding diaryl/α,β-unsaturated/α-hetero) is 1. The van der Waals surface area contributed by atoms with Gasteiger partial charge in [-0.05, 0) is 53.8 Å². The first-order valence-electron chi connectivity index (χ1n) is 6.08. The fraction of sp³-hybridized carbons (Fsp3) is 0.188. The Morgan fingerprint density at radius 3 is 2.61 bits per heavy atom. The van der Waals surface area contributed by atoms with Crippen LogP contribution in [0.4, 0.5) is 4.39 Å². The standard InChI is InChI=1S/C16H13FO/c1-10-8-13(17)5-6-14(10)12-3-2-11-4-7-16(18)15(11)9-12/h2-3,5-6,8-9H,4,7H2,1H3. The van der Waals surface area contributed by atoms with Gasteiger partial charge in [0.25, 0.3) is 0 Å². The van der Waals surface area contributed by atoms with E-state index in [9.17, 15) is 9.18 Å². The molecule has 1 aliphatic rings. The Balaban J connectivity index is 2.13. The molecule has 0 heterocycles. The van der Waals surface area contributed by atoms with Crippen LogP contribution in [0.5, 0.6) is 0 Å². The molecule has 0 amide bonds. The van der Waals surface area contributed by atoms with Crippen LogP contribution in [0.3, 0.4) is 0 Å². The lowest BCUT2D eigenvalue weighted by atomic mass is 9.97. The van der Waals surface area contributed by atoms with E-state index >= 15 is 0 Å². The van der Waals surface area contributed by atoms with Gasteiger partial charge in [0.05, 0.1) is 0 Å². The van der Waals surface area contributed by atoms with Gasteiger partial charge in [-0.2, -0.15) is 0 Å². The normalized spacial score (nSPS) is 13.8. The van der Waals surface area contributed by atoms with E-state index in [0.29, 0.717) is 6.42 Å². The molecule has 0 saturated carbocycles. The SMILES string of the molecule is Cc1cc(F)ccc1-c1ccc2c(c1)C(=O)CC2. The second-order valence-corrected chi connectivity index (χ2v) is 4.75. The van der Waals surface area contributed by atoms with Crippen LogP contribution in [0.1, 0.15) is 27.9 Å². The molecule has 0 unspecified atom stereocenters. The van der Waals surface area contributed by atoms with Crippen LogP contribution < -0.4 is 0 Å². The van der Waals surface area contributed by atoms with E-state index in [1.807, 2.05) is 25.1 Å². The molecule has 0 aromatic heterocycles. The highest BCUT2D eigenvalue weighted by Gasteiger charge is 2.19. The predicted molar refractivity (Wildman–Crippen MR) is 69.2 cm³/mol. The summed E-state index contributed by atoms with van der Waals surface area (Å²) in [6.45, 7) is 1.88. The minimum Gasteiger partial charge on any atom is -0.294 e. The molecule has 0 spiro atoms. The van der Waals surface area contributed by atoms with Gasteiger partial charge in [-0.15, -0.1) is 0 Å². The Morgan fingerprint density at radius 2 is 1.83 bits per heavy atom. The first-order chi connectivity index (χ1) is 8.65. The molecule has 0 atom stereocenters. The average molecular weight is 240 g/mol. The monoisotopic (exact) mass is 240 g/mol. The van der Waals surface area contributed by atoms with E-state index < -0.39 is 0 Å². The van der Waals surface area contributed by atoms with Gasteiger partial charge in [-0.1, -0.05) is 18.2 Å². The van der Waals surface area contributed by atoms with E-state index in [4.69, 9.17) is 0 Å². The third kappa shape index (κ3) is 1.74. The lowest BCUT2D eigenvalue weighted by molar-refractivity contribution is 0.0994. The molecule has 0 aliphatic heterocycles. The maximum absolute atomic E-state index is 13.1. The zero-order chi connectivity index (χ0) is 12.7. The van der Waals surface area contributed by atoms with Gasteiger partial charge in [0, 0.05) is 12.0 Å². The molecular weight excluding hydrogens is 227 g/mol. The summed E-state index contributed by atoms with van der Waals surface area (Å²) >= 11 is 0. The molecule has 90 valence electrons. The van der Waals surface area contributed by atoms with Gasteiger partial charge in [-0.25, -0.2) is 4.39 Å². The van der Waals surface area contributed by atoms with E-state index in [2.05, 4.69) is 0 Å². The number of carbonyl (C=O) groups is 1. The van der Waals surface area contributed by atoms with Crippen molar-refractivity contribution in [1.29, 1.82) is 0 Å². The van der Waals surface area contributed by atoms with Crippen molar-refractivity contribution in [1.82, 2.24) is 0 Å². The number of carbonyl (C=O) groups excluding carboxylic acids is 1. The highest BCUT2D eigenvalue weighted by molar-refractivity contribution is 6.01. The van der Waals surface area contributed by atoms with Crippen molar-refractivity contribution < 1.29 is 9.18 Å². The van der Waals surface area contributed by atoms with Crippen LogP contribution in [0.2, 0.25) is 0 Å². The zero-order valence-electron chi connectivity index (χ0n) is 10.2. The van der Waals surface area contributed by atoms with Gasteiger partial charge in [0.1, 0.15) is 5.82 Å². The van der Waals surface area contributed by atoms with Crippen molar-refractivity contribution in [3.05, 3.63) is 58.9 Å². The Hall–Kier alpha value is -1.96. The highest BCUT2D eigenvalue weighted by atomic mass is 19.1. The van der Waals surface area contributed by atoms with Crippen LogP contribution in [-0.2, 0) is 6.42 Å². The Bertz CT molecular complexity index is 644. The van der Waals surface area contributed by atoms with E-state index in [1.54, 1.807) is 6.07 Å². The van der Waals surface area contributed by atoms with Crippen molar-refractivity contribution in [3.8, 4) is 11.1 Å². The molecule has 0 N–H and O–H groups in total. The molecule has 1 aliphatic carbocycles. The molecular formula is C16H13FO. The number of hydrogen-bond acceptors (Lipinski definition) is 1. The average Bonchev–Trinajstić information content (AvgIpc) is 2.71. The maximum Gasteiger partial charge on any atom is 0.163 e. The summed E-state index contributed by atoms with van der Waals surface area (Å²) < 4.78 is 13.1. The number of aryl methyl sites for hydroxylation is 2. The minimum atomic E-state index is -0.228. The summed E-state index contributed by atoms with van der Waals surface area (Å²) in [4.78, 5) is 11.7. The van der Waals surface area contributed by atoms with Crippen molar-refractivity contribution in [2.45, 2.75) is 19.8 Å². The quantitative estimate of drug-likeness (QED) is 0.738. The van der Waals surface area contributed by atoms with Crippen LogP contribution in [0, 0.1) is 12.7 Å². The summed E-state index contributed by atoms with van der Waals surface area (Å²) in [5.41, 5.74) is 4.82. The summed E-state index contributed by atoms with van der Waals surface area (Å²) in [6, 6.07) is 10.7. The Morgan fingerprint density at radius 1 is 1.00 bits per heavy atom. The van der Waals surface area contributed by atoms with Gasteiger partial charge in [-0.3, -0.25) is 4.79 Å². The second-order valence-electron chi connectivity index (χ2n) is 4.75. The van der Waals surface area contributed by atoms with Crippen molar-refractivity contribution in [2.75, 3.05) is 0 Å². The lowest BCUT2D eigenvalue weighted by Gasteiger charge is -2.08. The molecule has 2 aromatic rings. The van der Waals surface area contributed by atoms with Gasteiger partial charge in [0.2, 0.25) is 0 Å². The number of benzene rings is 2. The first kappa shape index (κ1) is 11.1. The second kappa shape index (κ2) is 4.05. The Kier molecular flexibility index (Phi) is 2.51. The van der Waals surface area contributed by atoms with E-state index in [-0.39, 0.29) is 11.6 Å². The molecule has 2 aromatic carbocycles. The minimum absolute atomic E-state index is 0.214. The number of halogens is 1. The summed E-state index contributed by atoms with van der Waals surface area (Å²) in [7, 11) is 0. The van der Waals surface area contributed by atoms with Crippen LogP contribution >= 0.6 is 0 Å². The fourth-order valence-corrected chi connectivity index (χ4v) is 2.56. The number of fused-ring (bicyclic) bond motifs is 1. The fourth-order valence-electron chi connectivity index (χ4n) is 2.56. The van der Waals surface area contributed by atoms with Gasteiger partial charge >= 0.3 is 0 Å². The third-order valence-electron chi connectivity index (χ3n) is 3.53. The van der Waals surface area contributed by atoms with Crippen LogP contribution in [0.15, 0.2) is 36.4 Å². The summed E-state index contributed by atoms with van der Waals surface area (Å²) in [5.74, 6) is -0.0138. The first-order valence-corrected chi connectivity index (χ1v) is 6.08. The molecule has 18 heavy (non-hydrogen) atoms. The van der Waals surface area contributed by atoms with Crippen molar-refractivity contribution >= 4 is 5.78 Å². The number of ketones is 1. The zero-order valence-corrected chi connectivity index (χ0v) is 10.2. The maximum atomic E-state index is 13.1. The van der Waals surface area contributed by atoms with E-state index in [0.717, 1.165) is 34.2 Å². The molecule has 0 fully saturated rings. The third-order valence-corrected chi connectivity index (χ3v) is 3.53. The molecule has 2 heteroatoms. The van der Waals surface area contributed by atoms with Crippen molar-refractivity contribution in [3.63, 3.8) is 0 Å². The number of hydrogen-bond donors (Lipinski definition) is 0. The van der Waals surface area contributed by atoms with Crippen LogP contribution in [0.25, 0.3) is 11.1 Å². The molecule has 1 nitrogen and oxygen atoms in total. The molecule has 0 radical (unpaired) electrons. The van der Waals surface area contributed by atoms with Crippen LogP contribution in [-0.4, -0.2) is 5.78 Å². The summed E-state index contributed by atoms with van der Waals surface area (Å²) in [6.07, 6.45) is 1.46. The largest absolute Gasteiger partial charge is 0.294 e. The predicted octanol–water partition coefficient (Wildman–Crippen LogP) is 3.93. The van der Waals surface area contributed by atoms with Crippen molar-refractivity contribution in [2.24, 2.45) is 0 Å². The molecule has 0 saturated heterocycles. The number of rotatable bonds is 1. The van der Waals surface area contributed by atoms with E-state index in [1.165, 1.54) is 12.1 Å². The molecule has 0 bridgehead atoms. The van der Waals surface area contributed by atoms with Gasteiger partial charge < -0.3 is 0 Å². The smallest absolute Gasteiger partial charge is 0.163 e.